The van der Waals surface area contributed by atoms with Crippen molar-refractivity contribution in [2.24, 2.45) is 13.0 Å². The fourth-order valence-electron chi connectivity index (χ4n) is 3.29. The average molecular weight is 380 g/mol. The van der Waals surface area contributed by atoms with Gasteiger partial charge in [-0.15, -0.1) is 12.4 Å². The highest BCUT2D eigenvalue weighted by molar-refractivity contribution is 5.85. The van der Waals surface area contributed by atoms with Crippen molar-refractivity contribution < 1.29 is 9.72 Å². The summed E-state index contributed by atoms with van der Waals surface area (Å²) in [5.41, 5.74) is 1.76. The first-order valence-corrected chi connectivity index (χ1v) is 8.25. The van der Waals surface area contributed by atoms with Crippen molar-refractivity contribution in [3.05, 3.63) is 57.9 Å². The number of nitro benzene ring substituents is 1. The number of aryl methyl sites for hydroxylation is 1. The second kappa shape index (κ2) is 8.77. The summed E-state index contributed by atoms with van der Waals surface area (Å²) < 4.78 is 1.73. The van der Waals surface area contributed by atoms with Crippen LogP contribution in [-0.4, -0.2) is 40.2 Å². The van der Waals surface area contributed by atoms with Crippen LogP contribution >= 0.6 is 12.4 Å². The van der Waals surface area contributed by atoms with Crippen LogP contribution < -0.4 is 10.6 Å². The molecule has 1 amide bonds. The van der Waals surface area contributed by atoms with Crippen LogP contribution in [0.25, 0.3) is 0 Å². The quantitative estimate of drug-likeness (QED) is 0.583. The minimum atomic E-state index is -0.392. The van der Waals surface area contributed by atoms with Gasteiger partial charge >= 0.3 is 0 Å². The van der Waals surface area contributed by atoms with Gasteiger partial charge in [0.1, 0.15) is 0 Å². The summed E-state index contributed by atoms with van der Waals surface area (Å²) in [7, 11) is 1.85. The van der Waals surface area contributed by atoms with Crippen LogP contribution in [0.2, 0.25) is 0 Å². The highest BCUT2D eigenvalue weighted by Gasteiger charge is 2.34. The highest BCUT2D eigenvalue weighted by Crippen LogP contribution is 2.28. The third-order valence-electron chi connectivity index (χ3n) is 4.59. The van der Waals surface area contributed by atoms with E-state index in [9.17, 15) is 14.9 Å². The van der Waals surface area contributed by atoms with Crippen molar-refractivity contribution in [2.75, 3.05) is 19.6 Å². The monoisotopic (exact) mass is 379 g/mol. The van der Waals surface area contributed by atoms with Crippen molar-refractivity contribution in [3.8, 4) is 0 Å². The van der Waals surface area contributed by atoms with E-state index < -0.39 is 4.92 Å². The van der Waals surface area contributed by atoms with Crippen LogP contribution in [0, 0.1) is 16.0 Å². The van der Waals surface area contributed by atoms with Crippen LogP contribution in [0.3, 0.4) is 0 Å². The van der Waals surface area contributed by atoms with E-state index in [1.807, 2.05) is 13.2 Å². The molecule has 1 aromatic carbocycles. The third-order valence-corrected chi connectivity index (χ3v) is 4.59. The van der Waals surface area contributed by atoms with Gasteiger partial charge in [0.05, 0.1) is 17.0 Å². The molecule has 2 heterocycles. The number of aromatic nitrogens is 2. The van der Waals surface area contributed by atoms with Crippen molar-refractivity contribution in [1.82, 2.24) is 20.4 Å². The van der Waals surface area contributed by atoms with Crippen molar-refractivity contribution in [2.45, 2.75) is 12.3 Å². The Hall–Kier alpha value is -2.45. The smallest absolute Gasteiger partial charge is 0.272 e. The molecule has 1 aromatic heterocycles. The number of halogens is 1. The summed E-state index contributed by atoms with van der Waals surface area (Å²) in [6.07, 6.45) is 4.16. The van der Waals surface area contributed by atoms with E-state index in [1.54, 1.807) is 29.1 Å². The van der Waals surface area contributed by atoms with Crippen molar-refractivity contribution in [3.63, 3.8) is 0 Å². The molecule has 2 atom stereocenters. The predicted molar refractivity (Wildman–Crippen MR) is 99.4 cm³/mol. The van der Waals surface area contributed by atoms with Gasteiger partial charge in [-0.05, 0) is 12.0 Å². The molecule has 2 N–H and O–H groups in total. The molecule has 0 radical (unpaired) electrons. The Balaban J connectivity index is 0.00000243. The minimum Gasteiger partial charge on any atom is -0.355 e. The molecule has 0 spiro atoms. The van der Waals surface area contributed by atoms with Crippen LogP contribution in [-0.2, 0) is 18.3 Å². The number of hydrogen-bond acceptors (Lipinski definition) is 5. The summed E-state index contributed by atoms with van der Waals surface area (Å²) in [4.78, 5) is 23.2. The highest BCUT2D eigenvalue weighted by atomic mass is 35.5. The number of amides is 1. The number of carbonyl (C=O) groups is 1. The number of rotatable bonds is 6. The lowest BCUT2D eigenvalue weighted by atomic mass is 9.90. The Kier molecular flexibility index (Phi) is 6.70. The van der Waals surface area contributed by atoms with Crippen LogP contribution in [0.15, 0.2) is 36.7 Å². The summed E-state index contributed by atoms with van der Waals surface area (Å²) in [6, 6.07) is 6.61. The van der Waals surface area contributed by atoms with Crippen LogP contribution in [0.1, 0.15) is 17.0 Å². The van der Waals surface area contributed by atoms with E-state index in [0.717, 1.165) is 12.1 Å². The van der Waals surface area contributed by atoms with E-state index in [4.69, 9.17) is 0 Å². The van der Waals surface area contributed by atoms with Gasteiger partial charge in [0.25, 0.3) is 5.69 Å². The third kappa shape index (κ3) is 4.39. The van der Waals surface area contributed by atoms with Gasteiger partial charge in [-0.2, -0.15) is 5.10 Å². The number of nitro groups is 1. The molecule has 8 nitrogen and oxygen atoms in total. The largest absolute Gasteiger partial charge is 0.355 e. The van der Waals surface area contributed by atoms with E-state index in [0.29, 0.717) is 25.1 Å². The molecule has 26 heavy (non-hydrogen) atoms. The second-order valence-corrected chi connectivity index (χ2v) is 6.25. The topological polar surface area (TPSA) is 102 Å². The van der Waals surface area contributed by atoms with Crippen LogP contribution in [0.5, 0.6) is 0 Å². The number of carbonyl (C=O) groups excluding carboxylic acids is 1. The average Bonchev–Trinajstić information content (AvgIpc) is 3.23. The number of nitrogens with one attached hydrogen (secondary N) is 2. The normalized spacial score (nSPS) is 19.0. The standard InChI is InChI=1S/C17H21N5O3.ClH/c1-21-11-13(8-20-21)14-9-18-10-15(14)17(23)19-7-6-12-4-2-3-5-16(12)22(24)25;/h2-5,8,11,14-15,18H,6-7,9-10H2,1H3,(H,19,23);1H/t14-,15+;/m1./s1. The SMILES string of the molecule is Cl.Cn1cc([C@H]2CNC[C@@H]2C(=O)NCCc2ccccc2[N+](=O)[O-])cn1. The lowest BCUT2D eigenvalue weighted by molar-refractivity contribution is -0.385. The maximum Gasteiger partial charge on any atom is 0.272 e. The molecule has 140 valence electrons. The zero-order valence-corrected chi connectivity index (χ0v) is 15.2. The molecule has 3 rings (SSSR count). The molecule has 1 aliphatic heterocycles. The predicted octanol–water partition coefficient (Wildman–Crippen LogP) is 1.41. The van der Waals surface area contributed by atoms with E-state index >= 15 is 0 Å². The molecule has 1 fully saturated rings. The molecule has 9 heteroatoms. The Morgan fingerprint density at radius 1 is 1.42 bits per heavy atom. The van der Waals surface area contributed by atoms with Gasteiger partial charge < -0.3 is 10.6 Å². The molecule has 0 unspecified atom stereocenters. The fraction of sp³-hybridized carbons (Fsp3) is 0.412. The summed E-state index contributed by atoms with van der Waals surface area (Å²) in [5.74, 6) is -0.0906. The summed E-state index contributed by atoms with van der Waals surface area (Å²) in [6.45, 7) is 1.74. The van der Waals surface area contributed by atoms with Gasteiger partial charge in [0, 0.05) is 50.4 Å². The molecule has 0 aliphatic carbocycles. The maximum absolute atomic E-state index is 12.5. The van der Waals surface area contributed by atoms with Crippen LogP contribution in [0.4, 0.5) is 5.69 Å². The molecule has 0 bridgehead atoms. The Labute approximate surface area is 157 Å². The number of hydrogen-bond donors (Lipinski definition) is 2. The van der Waals surface area contributed by atoms with Gasteiger partial charge in [0.2, 0.25) is 5.91 Å². The Morgan fingerprint density at radius 3 is 2.88 bits per heavy atom. The molecule has 0 saturated carbocycles. The maximum atomic E-state index is 12.5. The first kappa shape index (κ1) is 19.9. The van der Waals surface area contributed by atoms with Gasteiger partial charge in [-0.1, -0.05) is 18.2 Å². The molecular weight excluding hydrogens is 358 g/mol. The van der Waals surface area contributed by atoms with Crippen molar-refractivity contribution >= 4 is 24.0 Å². The van der Waals surface area contributed by atoms with Crippen molar-refractivity contribution in [1.29, 1.82) is 0 Å². The van der Waals surface area contributed by atoms with Gasteiger partial charge in [0.15, 0.2) is 0 Å². The molecular formula is C17H22ClN5O3. The van der Waals surface area contributed by atoms with E-state index in [2.05, 4.69) is 15.7 Å². The Morgan fingerprint density at radius 2 is 2.19 bits per heavy atom. The lowest BCUT2D eigenvalue weighted by Crippen LogP contribution is -2.35. The minimum absolute atomic E-state index is 0. The Bertz CT molecular complexity index is 779. The van der Waals surface area contributed by atoms with E-state index in [1.165, 1.54) is 6.07 Å². The summed E-state index contributed by atoms with van der Waals surface area (Å²) in [5, 5.41) is 21.4. The number of nitrogens with zero attached hydrogens (tertiary/aromatic N) is 3. The van der Waals surface area contributed by atoms with Gasteiger partial charge in [-0.25, -0.2) is 0 Å². The van der Waals surface area contributed by atoms with E-state index in [-0.39, 0.29) is 35.8 Å². The fourth-order valence-corrected chi connectivity index (χ4v) is 3.29. The first-order chi connectivity index (χ1) is 12.1. The first-order valence-electron chi connectivity index (χ1n) is 8.25. The lowest BCUT2D eigenvalue weighted by Gasteiger charge is -2.17. The molecule has 1 saturated heterocycles. The zero-order valence-electron chi connectivity index (χ0n) is 14.4. The zero-order chi connectivity index (χ0) is 17.8. The summed E-state index contributed by atoms with van der Waals surface area (Å²) >= 11 is 0. The number of benzene rings is 1. The van der Waals surface area contributed by atoms with Gasteiger partial charge in [-0.3, -0.25) is 19.6 Å². The number of para-hydroxylation sites is 1. The molecule has 1 aliphatic rings. The molecule has 2 aromatic rings. The second-order valence-electron chi connectivity index (χ2n) is 6.25.